The first-order chi connectivity index (χ1) is 9.60. The summed E-state index contributed by atoms with van der Waals surface area (Å²) in [6, 6.07) is 10.2. The highest BCUT2D eigenvalue weighted by Gasteiger charge is 2.12. The summed E-state index contributed by atoms with van der Waals surface area (Å²) in [6.07, 6.45) is 0. The number of ether oxygens (including phenoxy) is 2. The molecule has 1 aromatic heterocycles. The molecule has 0 saturated heterocycles. The van der Waals surface area contributed by atoms with Gasteiger partial charge in [0.2, 0.25) is 5.88 Å². The molecule has 1 aromatic carbocycles. The first-order valence-electron chi connectivity index (χ1n) is 5.82. The number of pyridine rings is 1. The van der Waals surface area contributed by atoms with Gasteiger partial charge < -0.3 is 15.2 Å². The van der Waals surface area contributed by atoms with Crippen molar-refractivity contribution in [3.8, 4) is 5.88 Å². The van der Waals surface area contributed by atoms with Crippen LogP contribution < -0.4 is 10.5 Å². The Morgan fingerprint density at radius 2 is 2.15 bits per heavy atom. The van der Waals surface area contributed by atoms with Gasteiger partial charge in [-0.15, -0.1) is 0 Å². The van der Waals surface area contributed by atoms with Crippen molar-refractivity contribution in [1.29, 1.82) is 0 Å². The zero-order valence-corrected chi connectivity index (χ0v) is 12.4. The fraction of sp³-hybridized carbons (Fsp3) is 0.143. The van der Waals surface area contributed by atoms with Crippen LogP contribution in [0, 0.1) is 0 Å². The minimum atomic E-state index is -0.464. The number of hydrogen-bond donors (Lipinski definition) is 1. The average Bonchev–Trinajstić information content (AvgIpc) is 2.47. The van der Waals surface area contributed by atoms with Gasteiger partial charge in [0.1, 0.15) is 6.61 Å². The molecular formula is C14H13BrN2O3. The number of benzene rings is 1. The number of nitrogen functional groups attached to an aromatic ring is 1. The Bertz CT molecular complexity index is 632. The molecule has 20 heavy (non-hydrogen) atoms. The van der Waals surface area contributed by atoms with E-state index in [1.165, 1.54) is 7.11 Å². The maximum atomic E-state index is 12.0. The van der Waals surface area contributed by atoms with Gasteiger partial charge in [-0.3, -0.25) is 0 Å². The topological polar surface area (TPSA) is 74.4 Å². The molecule has 6 heteroatoms. The molecule has 104 valence electrons. The molecule has 0 radical (unpaired) electrons. The first-order valence-corrected chi connectivity index (χ1v) is 6.61. The van der Waals surface area contributed by atoms with Crippen LogP contribution in [0.3, 0.4) is 0 Å². The van der Waals surface area contributed by atoms with Gasteiger partial charge in [-0.05, 0) is 40.2 Å². The number of carbonyl (C=O) groups excluding carboxylic acids is 1. The van der Waals surface area contributed by atoms with E-state index in [1.54, 1.807) is 36.4 Å². The van der Waals surface area contributed by atoms with Crippen molar-refractivity contribution in [2.75, 3.05) is 12.8 Å². The number of carbonyl (C=O) groups is 1. The molecule has 0 amide bonds. The van der Waals surface area contributed by atoms with E-state index in [2.05, 4.69) is 20.9 Å². The summed E-state index contributed by atoms with van der Waals surface area (Å²) in [4.78, 5) is 16.1. The minimum Gasteiger partial charge on any atom is -0.481 e. The molecule has 2 rings (SSSR count). The fourth-order valence-electron chi connectivity index (χ4n) is 1.57. The number of esters is 1. The van der Waals surface area contributed by atoms with Crippen LogP contribution in [0.4, 0.5) is 5.69 Å². The van der Waals surface area contributed by atoms with E-state index in [0.717, 1.165) is 0 Å². The van der Waals surface area contributed by atoms with Crippen molar-refractivity contribution >= 4 is 27.6 Å². The van der Waals surface area contributed by atoms with Gasteiger partial charge in [-0.1, -0.05) is 6.07 Å². The summed E-state index contributed by atoms with van der Waals surface area (Å²) in [5.74, 6) is 0.0116. The minimum absolute atomic E-state index is 0.0667. The van der Waals surface area contributed by atoms with Gasteiger partial charge in [0.05, 0.1) is 18.4 Å². The van der Waals surface area contributed by atoms with Gasteiger partial charge >= 0.3 is 5.97 Å². The highest BCUT2D eigenvalue weighted by Crippen LogP contribution is 2.21. The zero-order chi connectivity index (χ0) is 14.5. The van der Waals surface area contributed by atoms with Crippen LogP contribution in [0.2, 0.25) is 0 Å². The predicted octanol–water partition coefficient (Wildman–Crippen LogP) is 2.79. The molecule has 2 aromatic rings. The Morgan fingerprint density at radius 3 is 2.90 bits per heavy atom. The third kappa shape index (κ3) is 3.48. The van der Waals surface area contributed by atoms with Crippen LogP contribution >= 0.6 is 15.9 Å². The van der Waals surface area contributed by atoms with Gasteiger partial charge in [0.15, 0.2) is 0 Å². The van der Waals surface area contributed by atoms with Crippen LogP contribution in [0.15, 0.2) is 40.9 Å². The average molecular weight is 337 g/mol. The van der Waals surface area contributed by atoms with E-state index in [4.69, 9.17) is 15.2 Å². The second-order valence-electron chi connectivity index (χ2n) is 3.99. The summed E-state index contributed by atoms with van der Waals surface area (Å²) >= 11 is 3.29. The third-order valence-electron chi connectivity index (χ3n) is 2.55. The Kier molecular flexibility index (Phi) is 4.57. The van der Waals surface area contributed by atoms with Crippen LogP contribution in [-0.4, -0.2) is 18.1 Å². The zero-order valence-electron chi connectivity index (χ0n) is 10.8. The van der Waals surface area contributed by atoms with Crippen molar-refractivity contribution in [1.82, 2.24) is 4.98 Å². The van der Waals surface area contributed by atoms with Gasteiger partial charge in [-0.2, -0.15) is 0 Å². The molecule has 1 heterocycles. The lowest BCUT2D eigenvalue weighted by Gasteiger charge is -2.07. The Labute approximate surface area is 124 Å². The van der Waals surface area contributed by atoms with Crippen LogP contribution in [0.5, 0.6) is 5.88 Å². The lowest BCUT2D eigenvalue weighted by molar-refractivity contribution is 0.0466. The Morgan fingerprint density at radius 1 is 1.35 bits per heavy atom. The largest absolute Gasteiger partial charge is 0.481 e. The third-order valence-corrected chi connectivity index (χ3v) is 3.24. The second kappa shape index (κ2) is 6.38. The van der Waals surface area contributed by atoms with Crippen molar-refractivity contribution < 1.29 is 14.3 Å². The SMILES string of the molecule is COc1cccc(COC(=O)c2cc(N)ccc2Br)n1. The maximum Gasteiger partial charge on any atom is 0.339 e. The number of hydrogen-bond acceptors (Lipinski definition) is 5. The van der Waals surface area contributed by atoms with E-state index in [-0.39, 0.29) is 6.61 Å². The van der Waals surface area contributed by atoms with Gasteiger partial charge in [0, 0.05) is 16.2 Å². The summed E-state index contributed by atoms with van der Waals surface area (Å²) in [6.45, 7) is 0.0667. The molecule has 0 aliphatic heterocycles. The molecule has 0 spiro atoms. The summed E-state index contributed by atoms with van der Waals surface area (Å²) < 4.78 is 10.8. The van der Waals surface area contributed by atoms with Crippen LogP contribution in [-0.2, 0) is 11.3 Å². The number of nitrogens with zero attached hydrogens (tertiary/aromatic N) is 1. The number of halogens is 1. The molecule has 2 N–H and O–H groups in total. The molecule has 5 nitrogen and oxygen atoms in total. The number of methoxy groups -OCH3 is 1. The maximum absolute atomic E-state index is 12.0. The summed E-state index contributed by atoms with van der Waals surface area (Å²) in [5.41, 5.74) is 7.14. The van der Waals surface area contributed by atoms with Crippen molar-refractivity contribution in [3.63, 3.8) is 0 Å². The fourth-order valence-corrected chi connectivity index (χ4v) is 1.98. The summed E-state index contributed by atoms with van der Waals surface area (Å²) in [5, 5.41) is 0. The number of anilines is 1. The van der Waals surface area contributed by atoms with E-state index in [1.807, 2.05) is 0 Å². The van der Waals surface area contributed by atoms with E-state index < -0.39 is 5.97 Å². The van der Waals surface area contributed by atoms with Crippen molar-refractivity contribution in [3.05, 3.63) is 52.1 Å². The molecule has 0 bridgehead atoms. The molecule has 0 unspecified atom stereocenters. The quantitative estimate of drug-likeness (QED) is 0.686. The van der Waals surface area contributed by atoms with Crippen LogP contribution in [0.1, 0.15) is 16.1 Å². The molecule has 0 aliphatic carbocycles. The van der Waals surface area contributed by atoms with Gasteiger partial charge in [-0.25, -0.2) is 9.78 Å². The van der Waals surface area contributed by atoms with Gasteiger partial charge in [0.25, 0.3) is 0 Å². The lowest BCUT2D eigenvalue weighted by Crippen LogP contribution is -2.07. The van der Waals surface area contributed by atoms with Crippen molar-refractivity contribution in [2.45, 2.75) is 6.61 Å². The van der Waals surface area contributed by atoms with E-state index >= 15 is 0 Å². The lowest BCUT2D eigenvalue weighted by atomic mass is 10.2. The number of rotatable bonds is 4. The molecular weight excluding hydrogens is 324 g/mol. The molecule has 0 fully saturated rings. The Hall–Kier alpha value is -2.08. The Balaban J connectivity index is 2.06. The molecule has 0 saturated carbocycles. The number of aromatic nitrogens is 1. The normalized spacial score (nSPS) is 10.1. The van der Waals surface area contributed by atoms with Crippen molar-refractivity contribution in [2.24, 2.45) is 0 Å². The summed E-state index contributed by atoms with van der Waals surface area (Å²) in [7, 11) is 1.53. The molecule has 0 aliphatic rings. The second-order valence-corrected chi connectivity index (χ2v) is 4.84. The standard InChI is InChI=1S/C14H13BrN2O3/c1-19-13-4-2-3-10(17-13)8-20-14(18)11-7-9(16)5-6-12(11)15/h2-7H,8,16H2,1H3. The monoisotopic (exact) mass is 336 g/mol. The van der Waals surface area contributed by atoms with Crippen LogP contribution in [0.25, 0.3) is 0 Å². The molecule has 0 atom stereocenters. The van der Waals surface area contributed by atoms with E-state index in [0.29, 0.717) is 27.3 Å². The highest BCUT2D eigenvalue weighted by atomic mass is 79.9. The predicted molar refractivity (Wildman–Crippen MR) is 78.5 cm³/mol. The number of nitrogens with two attached hydrogens (primary N) is 1. The van der Waals surface area contributed by atoms with E-state index in [9.17, 15) is 4.79 Å². The smallest absolute Gasteiger partial charge is 0.339 e. The highest BCUT2D eigenvalue weighted by molar-refractivity contribution is 9.10. The first kappa shape index (κ1) is 14.3.